The first-order valence-corrected chi connectivity index (χ1v) is 8.66. The van der Waals surface area contributed by atoms with Gasteiger partial charge in [-0.05, 0) is 31.0 Å². The lowest BCUT2D eigenvalue weighted by Crippen LogP contribution is -2.53. The maximum Gasteiger partial charge on any atom is 0.255 e. The number of ether oxygens (including phenoxy) is 1. The molecule has 130 valence electrons. The quantitative estimate of drug-likeness (QED) is 0.911. The van der Waals surface area contributed by atoms with Gasteiger partial charge in [-0.25, -0.2) is 0 Å². The molecule has 0 aromatic carbocycles. The molecule has 2 aliphatic rings. The fraction of sp³-hybridized carbons (Fsp3) is 0.444. The predicted molar refractivity (Wildman–Crippen MR) is 92.0 cm³/mol. The summed E-state index contributed by atoms with van der Waals surface area (Å²) < 4.78 is 6.04. The van der Waals surface area contributed by atoms with Crippen molar-refractivity contribution in [1.82, 2.24) is 20.1 Å². The maximum absolute atomic E-state index is 12.8. The largest absolute Gasteiger partial charge is 0.383 e. The number of amides is 1. The van der Waals surface area contributed by atoms with E-state index in [2.05, 4.69) is 20.5 Å². The summed E-state index contributed by atoms with van der Waals surface area (Å²) in [7, 11) is 0. The lowest BCUT2D eigenvalue weighted by Gasteiger charge is -2.39. The van der Waals surface area contributed by atoms with Crippen molar-refractivity contribution in [2.75, 3.05) is 25.0 Å². The number of pyridine rings is 1. The lowest BCUT2D eigenvalue weighted by atomic mass is 10.0. The molecule has 3 heterocycles. The molecule has 7 heteroatoms. The number of morpholine rings is 1. The molecule has 1 N–H and O–H groups in total. The van der Waals surface area contributed by atoms with Crippen LogP contribution in [-0.2, 0) is 4.74 Å². The molecule has 25 heavy (non-hydrogen) atoms. The van der Waals surface area contributed by atoms with Gasteiger partial charge in [0.25, 0.3) is 5.91 Å². The van der Waals surface area contributed by atoms with Gasteiger partial charge in [-0.2, -0.15) is 10.2 Å². The maximum atomic E-state index is 12.8. The number of carbonyl (C=O) groups is 1. The predicted octanol–water partition coefficient (Wildman–Crippen LogP) is 1.60. The Kier molecular flexibility index (Phi) is 4.56. The van der Waals surface area contributed by atoms with E-state index in [1.807, 2.05) is 23.2 Å². The Hall–Kier alpha value is -2.54. The van der Waals surface area contributed by atoms with Crippen molar-refractivity contribution in [3.05, 3.63) is 48.5 Å². The topological polar surface area (TPSA) is 80.2 Å². The summed E-state index contributed by atoms with van der Waals surface area (Å²) in [6, 6.07) is 5.78. The fourth-order valence-corrected chi connectivity index (χ4v) is 3.83. The Morgan fingerprint density at radius 1 is 1.24 bits per heavy atom. The molecule has 2 fully saturated rings. The molecular weight excluding hydrogens is 318 g/mol. The van der Waals surface area contributed by atoms with Crippen LogP contribution in [0.25, 0.3) is 0 Å². The number of carbonyl (C=O) groups excluding carboxylic acids is 1. The number of nitrogens with zero attached hydrogens (tertiary/aromatic N) is 4. The summed E-state index contributed by atoms with van der Waals surface area (Å²) >= 11 is 0. The lowest BCUT2D eigenvalue weighted by molar-refractivity contribution is -0.0602. The molecule has 2 aromatic heterocycles. The van der Waals surface area contributed by atoms with E-state index in [0.717, 1.165) is 25.1 Å². The molecular formula is C18H21N5O2. The SMILES string of the molecule is O=C(c1ccnnc1)N1CCOC2C(CNc3cccnc3)CCC21. The average Bonchev–Trinajstić information content (AvgIpc) is 3.10. The van der Waals surface area contributed by atoms with Gasteiger partial charge in [-0.1, -0.05) is 0 Å². The van der Waals surface area contributed by atoms with Gasteiger partial charge in [-0.15, -0.1) is 0 Å². The normalized spacial score (nSPS) is 25.4. The minimum Gasteiger partial charge on any atom is -0.383 e. The zero-order valence-electron chi connectivity index (χ0n) is 13.9. The molecule has 2 aromatic rings. The molecule has 3 atom stereocenters. The third-order valence-corrected chi connectivity index (χ3v) is 5.04. The summed E-state index contributed by atoms with van der Waals surface area (Å²) in [5, 5.41) is 11.0. The van der Waals surface area contributed by atoms with Crippen LogP contribution in [-0.4, -0.2) is 57.8 Å². The first-order chi connectivity index (χ1) is 12.3. The van der Waals surface area contributed by atoms with E-state index in [4.69, 9.17) is 4.74 Å². The van der Waals surface area contributed by atoms with E-state index in [1.165, 1.54) is 6.20 Å². The fourth-order valence-electron chi connectivity index (χ4n) is 3.83. The molecule has 1 amide bonds. The Balaban J connectivity index is 1.42. The summed E-state index contributed by atoms with van der Waals surface area (Å²) in [6.07, 6.45) is 8.76. The van der Waals surface area contributed by atoms with Gasteiger partial charge in [-0.3, -0.25) is 9.78 Å². The van der Waals surface area contributed by atoms with Gasteiger partial charge < -0.3 is 15.0 Å². The Bertz CT molecular complexity index is 712. The molecule has 7 nitrogen and oxygen atoms in total. The number of hydrogen-bond acceptors (Lipinski definition) is 6. The Labute approximate surface area is 146 Å². The van der Waals surface area contributed by atoms with Crippen molar-refractivity contribution in [2.45, 2.75) is 25.0 Å². The van der Waals surface area contributed by atoms with Gasteiger partial charge in [0.05, 0.1) is 42.4 Å². The van der Waals surface area contributed by atoms with Crippen LogP contribution in [0.3, 0.4) is 0 Å². The highest BCUT2D eigenvalue weighted by molar-refractivity contribution is 5.94. The van der Waals surface area contributed by atoms with Crippen LogP contribution in [0.15, 0.2) is 43.0 Å². The van der Waals surface area contributed by atoms with Gasteiger partial charge in [0.2, 0.25) is 0 Å². The molecule has 1 saturated heterocycles. The molecule has 3 unspecified atom stereocenters. The van der Waals surface area contributed by atoms with Crippen LogP contribution < -0.4 is 5.32 Å². The van der Waals surface area contributed by atoms with E-state index in [1.54, 1.807) is 18.5 Å². The summed E-state index contributed by atoms with van der Waals surface area (Å²) in [6.45, 7) is 2.03. The molecule has 0 radical (unpaired) electrons. The Morgan fingerprint density at radius 2 is 2.20 bits per heavy atom. The van der Waals surface area contributed by atoms with Crippen molar-refractivity contribution in [3.8, 4) is 0 Å². The zero-order chi connectivity index (χ0) is 17.1. The van der Waals surface area contributed by atoms with Crippen LogP contribution in [0.2, 0.25) is 0 Å². The standard InChI is InChI=1S/C18H21N5O2/c24-18(14-5-7-21-22-11-14)23-8-9-25-17-13(3-4-16(17)23)10-20-15-2-1-6-19-12-15/h1-2,5-7,11-13,16-17,20H,3-4,8-10H2. The van der Waals surface area contributed by atoms with Gasteiger partial charge >= 0.3 is 0 Å². The van der Waals surface area contributed by atoms with Crippen molar-refractivity contribution in [3.63, 3.8) is 0 Å². The van der Waals surface area contributed by atoms with Crippen LogP contribution in [0.5, 0.6) is 0 Å². The number of rotatable bonds is 4. The van der Waals surface area contributed by atoms with Gasteiger partial charge in [0, 0.05) is 31.4 Å². The second kappa shape index (κ2) is 7.14. The average molecular weight is 339 g/mol. The van der Waals surface area contributed by atoms with Gasteiger partial charge in [0.1, 0.15) is 0 Å². The van der Waals surface area contributed by atoms with E-state index in [-0.39, 0.29) is 18.1 Å². The van der Waals surface area contributed by atoms with Crippen molar-refractivity contribution in [2.24, 2.45) is 5.92 Å². The van der Waals surface area contributed by atoms with E-state index < -0.39 is 0 Å². The van der Waals surface area contributed by atoms with E-state index in [9.17, 15) is 4.79 Å². The van der Waals surface area contributed by atoms with Gasteiger partial charge in [0.15, 0.2) is 0 Å². The van der Waals surface area contributed by atoms with E-state index in [0.29, 0.717) is 24.6 Å². The van der Waals surface area contributed by atoms with Crippen molar-refractivity contribution in [1.29, 1.82) is 0 Å². The van der Waals surface area contributed by atoms with Crippen molar-refractivity contribution >= 4 is 11.6 Å². The number of fused-ring (bicyclic) bond motifs is 1. The molecule has 1 aliphatic heterocycles. The van der Waals surface area contributed by atoms with Crippen LogP contribution in [0, 0.1) is 5.92 Å². The number of aromatic nitrogens is 3. The summed E-state index contributed by atoms with van der Waals surface area (Å²) in [5.74, 6) is 0.408. The highest BCUT2D eigenvalue weighted by Gasteiger charge is 2.44. The van der Waals surface area contributed by atoms with Crippen molar-refractivity contribution < 1.29 is 9.53 Å². The minimum atomic E-state index is 0.0223. The first-order valence-electron chi connectivity index (χ1n) is 8.66. The third kappa shape index (κ3) is 3.32. The van der Waals surface area contributed by atoms with Crippen LogP contribution >= 0.6 is 0 Å². The summed E-state index contributed by atoms with van der Waals surface area (Å²) in [5.41, 5.74) is 1.60. The monoisotopic (exact) mass is 339 g/mol. The minimum absolute atomic E-state index is 0.0223. The van der Waals surface area contributed by atoms with E-state index >= 15 is 0 Å². The molecule has 0 spiro atoms. The van der Waals surface area contributed by atoms with Crippen LogP contribution in [0.1, 0.15) is 23.2 Å². The number of nitrogens with one attached hydrogen (secondary N) is 1. The van der Waals surface area contributed by atoms with Crippen LogP contribution in [0.4, 0.5) is 5.69 Å². The Morgan fingerprint density at radius 3 is 3.00 bits per heavy atom. The smallest absolute Gasteiger partial charge is 0.255 e. The second-order valence-corrected chi connectivity index (χ2v) is 6.49. The zero-order valence-corrected chi connectivity index (χ0v) is 13.9. The molecule has 1 aliphatic carbocycles. The molecule has 1 saturated carbocycles. The second-order valence-electron chi connectivity index (χ2n) is 6.49. The first kappa shape index (κ1) is 16.0. The third-order valence-electron chi connectivity index (χ3n) is 5.04. The highest BCUT2D eigenvalue weighted by Crippen LogP contribution is 2.35. The molecule has 0 bridgehead atoms. The molecule has 4 rings (SSSR count). The highest BCUT2D eigenvalue weighted by atomic mass is 16.5. The summed E-state index contributed by atoms with van der Waals surface area (Å²) in [4.78, 5) is 18.9. The number of hydrogen-bond donors (Lipinski definition) is 1. The number of anilines is 1.